The molecule has 2 aromatic carbocycles. The van der Waals surface area contributed by atoms with Gasteiger partial charge in [0.15, 0.2) is 0 Å². The van der Waals surface area contributed by atoms with Crippen LogP contribution in [0.5, 0.6) is 0 Å². The molecule has 1 saturated heterocycles. The molecule has 134 valence electrons. The number of halogens is 1. The van der Waals surface area contributed by atoms with Crippen LogP contribution in [0, 0.1) is 0 Å². The number of nitrogens with zero attached hydrogens (tertiary/aromatic N) is 2. The number of hydrogen-bond acceptors (Lipinski definition) is 3. The zero-order valence-corrected chi connectivity index (χ0v) is 15.6. The van der Waals surface area contributed by atoms with Gasteiger partial charge in [0.05, 0.1) is 16.2 Å². The Bertz CT molecular complexity index is 887. The summed E-state index contributed by atoms with van der Waals surface area (Å²) >= 11 is 6.51. The number of benzene rings is 2. The van der Waals surface area contributed by atoms with E-state index in [0.29, 0.717) is 12.5 Å². The van der Waals surface area contributed by atoms with Gasteiger partial charge in [-0.25, -0.2) is 0 Å². The third kappa shape index (κ3) is 3.29. The smallest absolute Gasteiger partial charge is 0.0953 e. The first-order valence-corrected chi connectivity index (χ1v) is 9.72. The average Bonchev–Trinajstić information content (AvgIpc) is 2.70. The second kappa shape index (κ2) is 7.65. The summed E-state index contributed by atoms with van der Waals surface area (Å²) < 4.78 is 0. The van der Waals surface area contributed by atoms with Gasteiger partial charge in [0.25, 0.3) is 0 Å². The van der Waals surface area contributed by atoms with Crippen LogP contribution in [-0.4, -0.2) is 24.6 Å². The molecule has 1 aliphatic heterocycles. The van der Waals surface area contributed by atoms with Crippen molar-refractivity contribution in [2.45, 2.75) is 25.2 Å². The molecule has 0 bridgehead atoms. The minimum absolute atomic E-state index is 0.613. The Kier molecular flexibility index (Phi) is 5.09. The van der Waals surface area contributed by atoms with Gasteiger partial charge < -0.3 is 10.6 Å². The summed E-state index contributed by atoms with van der Waals surface area (Å²) in [7, 11) is 0. The molecular formula is C22H24ClN3. The summed E-state index contributed by atoms with van der Waals surface area (Å²) in [6, 6.07) is 16.9. The molecule has 0 amide bonds. The van der Waals surface area contributed by atoms with Gasteiger partial charge in [-0.2, -0.15) is 0 Å². The Hall–Kier alpha value is -2.10. The molecule has 0 radical (unpaired) electrons. The highest BCUT2D eigenvalue weighted by Gasteiger charge is 2.24. The van der Waals surface area contributed by atoms with Crippen molar-refractivity contribution in [2.75, 3.05) is 24.5 Å². The molecular weight excluding hydrogens is 342 g/mol. The quantitative estimate of drug-likeness (QED) is 0.723. The van der Waals surface area contributed by atoms with Gasteiger partial charge in [0.2, 0.25) is 0 Å². The first-order valence-electron chi connectivity index (χ1n) is 9.34. The largest absolute Gasteiger partial charge is 0.370 e. The molecule has 4 heteroatoms. The maximum absolute atomic E-state index is 6.51. The SMILES string of the molecule is NCCc1cc(Cl)c2cccnc2c1N1CCC(c2ccccc2)CC1. The molecule has 0 saturated carbocycles. The minimum Gasteiger partial charge on any atom is -0.370 e. The van der Waals surface area contributed by atoms with E-state index in [2.05, 4.69) is 52.3 Å². The molecule has 0 spiro atoms. The lowest BCUT2D eigenvalue weighted by Crippen LogP contribution is -2.34. The lowest BCUT2D eigenvalue weighted by Gasteiger charge is -2.35. The zero-order chi connectivity index (χ0) is 17.9. The molecule has 3 aromatic rings. The molecule has 1 fully saturated rings. The van der Waals surface area contributed by atoms with Crippen LogP contribution in [0.25, 0.3) is 10.9 Å². The number of aromatic nitrogens is 1. The maximum atomic E-state index is 6.51. The van der Waals surface area contributed by atoms with Crippen LogP contribution in [0.1, 0.15) is 29.9 Å². The maximum Gasteiger partial charge on any atom is 0.0953 e. The van der Waals surface area contributed by atoms with E-state index in [9.17, 15) is 0 Å². The fourth-order valence-corrected chi connectivity index (χ4v) is 4.38. The number of rotatable bonds is 4. The molecule has 4 rings (SSSR count). The van der Waals surface area contributed by atoms with Crippen molar-refractivity contribution in [3.8, 4) is 0 Å². The second-order valence-corrected chi connectivity index (χ2v) is 7.38. The topological polar surface area (TPSA) is 42.1 Å². The molecule has 1 aromatic heterocycles. The number of piperidine rings is 1. The Labute approximate surface area is 159 Å². The van der Waals surface area contributed by atoms with Gasteiger partial charge in [-0.3, -0.25) is 4.98 Å². The Morgan fingerprint density at radius 1 is 1.08 bits per heavy atom. The van der Waals surface area contributed by atoms with Gasteiger partial charge in [0, 0.05) is 24.7 Å². The number of nitrogens with two attached hydrogens (primary N) is 1. The van der Waals surface area contributed by atoms with Gasteiger partial charge in [-0.15, -0.1) is 0 Å². The lowest BCUT2D eigenvalue weighted by molar-refractivity contribution is 0.505. The third-order valence-corrected chi connectivity index (χ3v) is 5.70. The highest BCUT2D eigenvalue weighted by molar-refractivity contribution is 6.36. The van der Waals surface area contributed by atoms with Crippen LogP contribution in [0.3, 0.4) is 0 Å². The summed E-state index contributed by atoms with van der Waals surface area (Å²) in [4.78, 5) is 7.15. The van der Waals surface area contributed by atoms with E-state index in [1.807, 2.05) is 12.3 Å². The van der Waals surface area contributed by atoms with Crippen molar-refractivity contribution >= 4 is 28.2 Å². The third-order valence-electron chi connectivity index (χ3n) is 5.39. The van der Waals surface area contributed by atoms with Crippen LogP contribution in [-0.2, 0) is 6.42 Å². The normalized spacial score (nSPS) is 15.5. The fraction of sp³-hybridized carbons (Fsp3) is 0.318. The van der Waals surface area contributed by atoms with Crippen LogP contribution >= 0.6 is 11.6 Å². The van der Waals surface area contributed by atoms with E-state index in [-0.39, 0.29) is 0 Å². The van der Waals surface area contributed by atoms with E-state index < -0.39 is 0 Å². The summed E-state index contributed by atoms with van der Waals surface area (Å²) in [5.41, 5.74) is 10.8. The summed E-state index contributed by atoms with van der Waals surface area (Å²) in [5, 5.41) is 1.79. The van der Waals surface area contributed by atoms with Crippen molar-refractivity contribution in [1.82, 2.24) is 4.98 Å². The van der Waals surface area contributed by atoms with Crippen LogP contribution in [0.4, 0.5) is 5.69 Å². The molecule has 2 N–H and O–H groups in total. The van der Waals surface area contributed by atoms with Crippen molar-refractivity contribution < 1.29 is 0 Å². The number of hydrogen-bond donors (Lipinski definition) is 1. The average molecular weight is 366 g/mol. The highest BCUT2D eigenvalue weighted by atomic mass is 35.5. The van der Waals surface area contributed by atoms with E-state index in [0.717, 1.165) is 48.3 Å². The molecule has 2 heterocycles. The molecule has 1 aliphatic rings. The molecule has 0 unspecified atom stereocenters. The van der Waals surface area contributed by atoms with Crippen LogP contribution in [0.2, 0.25) is 5.02 Å². The first-order chi connectivity index (χ1) is 12.8. The number of fused-ring (bicyclic) bond motifs is 1. The van der Waals surface area contributed by atoms with E-state index in [1.165, 1.54) is 16.8 Å². The Morgan fingerprint density at radius 2 is 1.85 bits per heavy atom. The molecule has 26 heavy (non-hydrogen) atoms. The van der Waals surface area contributed by atoms with Crippen molar-refractivity contribution in [2.24, 2.45) is 5.73 Å². The Morgan fingerprint density at radius 3 is 2.58 bits per heavy atom. The standard InChI is InChI=1S/C22H24ClN3/c23-20-15-18(8-11-24)22(21-19(20)7-4-12-25-21)26-13-9-17(10-14-26)16-5-2-1-3-6-16/h1-7,12,15,17H,8-11,13-14,24H2. The monoisotopic (exact) mass is 365 g/mol. The van der Waals surface area contributed by atoms with E-state index in [1.54, 1.807) is 0 Å². The predicted molar refractivity (Wildman–Crippen MR) is 110 cm³/mol. The second-order valence-electron chi connectivity index (χ2n) is 6.98. The van der Waals surface area contributed by atoms with Gasteiger partial charge >= 0.3 is 0 Å². The van der Waals surface area contributed by atoms with Gasteiger partial charge in [-0.05, 0) is 61.1 Å². The summed E-state index contributed by atoms with van der Waals surface area (Å²) in [6.07, 6.45) is 4.98. The Balaban J connectivity index is 1.66. The molecule has 0 atom stereocenters. The summed E-state index contributed by atoms with van der Waals surface area (Å²) in [5.74, 6) is 0.636. The minimum atomic E-state index is 0.613. The van der Waals surface area contributed by atoms with Crippen LogP contribution < -0.4 is 10.6 Å². The van der Waals surface area contributed by atoms with Gasteiger partial charge in [-0.1, -0.05) is 41.9 Å². The fourth-order valence-electron chi connectivity index (χ4n) is 4.10. The van der Waals surface area contributed by atoms with Crippen LogP contribution in [0.15, 0.2) is 54.7 Å². The van der Waals surface area contributed by atoms with Gasteiger partial charge in [0.1, 0.15) is 0 Å². The molecule has 0 aliphatic carbocycles. The highest BCUT2D eigenvalue weighted by Crippen LogP contribution is 2.38. The van der Waals surface area contributed by atoms with E-state index >= 15 is 0 Å². The summed E-state index contributed by atoms with van der Waals surface area (Å²) in [6.45, 7) is 2.68. The van der Waals surface area contributed by atoms with E-state index in [4.69, 9.17) is 17.3 Å². The van der Waals surface area contributed by atoms with Crippen molar-refractivity contribution in [1.29, 1.82) is 0 Å². The van der Waals surface area contributed by atoms with Crippen molar-refractivity contribution in [3.05, 3.63) is 70.9 Å². The first kappa shape index (κ1) is 17.3. The van der Waals surface area contributed by atoms with Crippen molar-refractivity contribution in [3.63, 3.8) is 0 Å². The lowest BCUT2D eigenvalue weighted by atomic mass is 9.89. The zero-order valence-electron chi connectivity index (χ0n) is 14.9. The number of anilines is 1. The predicted octanol–water partition coefficient (Wildman–Crippen LogP) is 4.77. The molecule has 3 nitrogen and oxygen atoms in total. The number of pyridine rings is 1.